The number of ketones is 1. The molecule has 1 aromatic carbocycles. The summed E-state index contributed by atoms with van der Waals surface area (Å²) >= 11 is 6.10. The molecule has 1 heterocycles. The summed E-state index contributed by atoms with van der Waals surface area (Å²) in [7, 11) is 0. The van der Waals surface area contributed by atoms with Crippen LogP contribution < -0.4 is 0 Å². The number of likely N-dealkylation sites (tertiary alicyclic amines) is 1. The number of hydrogen-bond acceptors (Lipinski definition) is 2. The van der Waals surface area contributed by atoms with E-state index in [1.165, 1.54) is 19.3 Å². The minimum atomic E-state index is -0.432. The topological polar surface area (TPSA) is 20.3 Å². The molecule has 1 fully saturated rings. The summed E-state index contributed by atoms with van der Waals surface area (Å²) in [5, 5.41) is 0.673. The Hall–Kier alpha value is -1.12. The molecular formula is C17H22ClNO. The number of nitrogens with zero attached hydrogens (tertiary/aromatic N) is 1. The first-order valence-electron chi connectivity index (χ1n) is 7.24. The molecule has 108 valence electrons. The van der Waals surface area contributed by atoms with E-state index in [1.54, 1.807) is 6.08 Å². The number of carbonyl (C=O) groups is 1. The number of carbonyl (C=O) groups excluding carboxylic acids is 1. The minimum absolute atomic E-state index is 0.138. The van der Waals surface area contributed by atoms with Crippen molar-refractivity contribution in [3.8, 4) is 0 Å². The first kappa shape index (κ1) is 15.3. The first-order chi connectivity index (χ1) is 9.51. The van der Waals surface area contributed by atoms with E-state index in [0.29, 0.717) is 5.02 Å². The third kappa shape index (κ3) is 3.50. The predicted octanol–water partition coefficient (Wildman–Crippen LogP) is 4.19. The van der Waals surface area contributed by atoms with Crippen molar-refractivity contribution < 1.29 is 4.79 Å². The van der Waals surface area contributed by atoms with E-state index in [2.05, 4.69) is 4.90 Å². The van der Waals surface area contributed by atoms with Gasteiger partial charge in [0.25, 0.3) is 0 Å². The number of halogens is 1. The maximum atomic E-state index is 12.5. The lowest BCUT2D eigenvalue weighted by Gasteiger charge is -2.39. The summed E-state index contributed by atoms with van der Waals surface area (Å²) in [5.74, 6) is 0.138. The average molecular weight is 292 g/mol. The fourth-order valence-corrected chi connectivity index (χ4v) is 2.79. The molecule has 0 atom stereocenters. The highest BCUT2D eigenvalue weighted by molar-refractivity contribution is 6.32. The van der Waals surface area contributed by atoms with Gasteiger partial charge in [-0.2, -0.15) is 0 Å². The molecule has 2 rings (SSSR count). The average Bonchev–Trinajstić information content (AvgIpc) is 2.47. The van der Waals surface area contributed by atoms with Crippen molar-refractivity contribution in [2.24, 2.45) is 0 Å². The van der Waals surface area contributed by atoms with Crippen LogP contribution in [-0.2, 0) is 4.79 Å². The molecule has 0 unspecified atom stereocenters. The van der Waals surface area contributed by atoms with E-state index in [9.17, 15) is 4.79 Å². The zero-order valence-electron chi connectivity index (χ0n) is 12.2. The van der Waals surface area contributed by atoms with Crippen LogP contribution in [0, 0.1) is 0 Å². The lowest BCUT2D eigenvalue weighted by atomic mass is 9.93. The molecule has 1 saturated heterocycles. The van der Waals surface area contributed by atoms with Gasteiger partial charge in [-0.15, -0.1) is 0 Å². The van der Waals surface area contributed by atoms with Gasteiger partial charge in [-0.05, 0) is 63.6 Å². The monoisotopic (exact) mass is 291 g/mol. The van der Waals surface area contributed by atoms with E-state index in [0.717, 1.165) is 18.7 Å². The first-order valence-corrected chi connectivity index (χ1v) is 7.62. The number of piperidine rings is 1. The summed E-state index contributed by atoms with van der Waals surface area (Å²) in [6.45, 7) is 6.05. The smallest absolute Gasteiger partial charge is 0.175 e. The Labute approximate surface area is 126 Å². The number of rotatable bonds is 4. The second-order valence-electron chi connectivity index (χ2n) is 5.83. The molecule has 20 heavy (non-hydrogen) atoms. The van der Waals surface area contributed by atoms with Gasteiger partial charge in [0.1, 0.15) is 0 Å². The fourth-order valence-electron chi connectivity index (χ4n) is 2.59. The zero-order chi connectivity index (χ0) is 14.6. The number of hydrogen-bond donors (Lipinski definition) is 0. The Morgan fingerprint density at radius 1 is 1.20 bits per heavy atom. The normalized spacial score (nSPS) is 17.6. The lowest BCUT2D eigenvalue weighted by Crippen LogP contribution is -2.51. The third-order valence-electron chi connectivity index (χ3n) is 4.07. The Morgan fingerprint density at radius 2 is 1.85 bits per heavy atom. The maximum absolute atomic E-state index is 12.5. The van der Waals surface area contributed by atoms with Gasteiger partial charge in [0.2, 0.25) is 0 Å². The highest BCUT2D eigenvalue weighted by Crippen LogP contribution is 2.23. The molecule has 0 spiro atoms. The Morgan fingerprint density at radius 3 is 2.50 bits per heavy atom. The van der Waals surface area contributed by atoms with Crippen LogP contribution in [0.5, 0.6) is 0 Å². The molecule has 0 amide bonds. The van der Waals surface area contributed by atoms with Gasteiger partial charge in [0.05, 0.1) is 5.54 Å². The molecule has 3 heteroatoms. The Kier molecular flexibility index (Phi) is 5.00. The van der Waals surface area contributed by atoms with Crippen LogP contribution in [0.4, 0.5) is 0 Å². The number of benzene rings is 1. The van der Waals surface area contributed by atoms with Gasteiger partial charge < -0.3 is 0 Å². The van der Waals surface area contributed by atoms with Crippen LogP contribution in [0.1, 0.15) is 38.7 Å². The Balaban J connectivity index is 2.08. The van der Waals surface area contributed by atoms with Crippen LogP contribution in [-0.4, -0.2) is 29.3 Å². The van der Waals surface area contributed by atoms with E-state index in [1.807, 2.05) is 44.2 Å². The maximum Gasteiger partial charge on any atom is 0.175 e. The molecule has 0 radical (unpaired) electrons. The summed E-state index contributed by atoms with van der Waals surface area (Å²) in [6.07, 6.45) is 7.12. The molecule has 0 aliphatic carbocycles. The highest BCUT2D eigenvalue weighted by Gasteiger charge is 2.33. The van der Waals surface area contributed by atoms with E-state index < -0.39 is 5.54 Å². The van der Waals surface area contributed by atoms with Crippen molar-refractivity contribution >= 4 is 23.5 Å². The predicted molar refractivity (Wildman–Crippen MR) is 85.0 cm³/mol. The SMILES string of the molecule is CC(C)(C(=O)/C=C/c1ccccc1Cl)N1CCCCC1. The lowest BCUT2D eigenvalue weighted by molar-refractivity contribution is -0.125. The standard InChI is InChI=1S/C17H22ClNO/c1-17(2,19-12-6-3-7-13-19)16(20)11-10-14-8-4-5-9-15(14)18/h4-5,8-11H,3,6-7,12-13H2,1-2H3/b11-10+. The van der Waals surface area contributed by atoms with Crippen LogP contribution in [0.15, 0.2) is 30.3 Å². The van der Waals surface area contributed by atoms with Crippen molar-refractivity contribution in [1.82, 2.24) is 4.90 Å². The summed E-state index contributed by atoms with van der Waals surface area (Å²) in [6, 6.07) is 7.56. The molecule has 0 N–H and O–H groups in total. The van der Waals surface area contributed by atoms with Crippen LogP contribution in [0.25, 0.3) is 6.08 Å². The second-order valence-corrected chi connectivity index (χ2v) is 6.23. The van der Waals surface area contributed by atoms with Crippen molar-refractivity contribution in [3.63, 3.8) is 0 Å². The largest absolute Gasteiger partial charge is 0.293 e. The van der Waals surface area contributed by atoms with Gasteiger partial charge in [0, 0.05) is 5.02 Å². The van der Waals surface area contributed by atoms with Gasteiger partial charge in [-0.1, -0.05) is 36.2 Å². The van der Waals surface area contributed by atoms with Gasteiger partial charge in [0.15, 0.2) is 5.78 Å². The highest BCUT2D eigenvalue weighted by atomic mass is 35.5. The molecule has 1 aliphatic rings. The van der Waals surface area contributed by atoms with Gasteiger partial charge >= 0.3 is 0 Å². The molecule has 2 nitrogen and oxygen atoms in total. The van der Waals surface area contributed by atoms with Crippen LogP contribution >= 0.6 is 11.6 Å². The minimum Gasteiger partial charge on any atom is -0.293 e. The van der Waals surface area contributed by atoms with E-state index >= 15 is 0 Å². The summed E-state index contributed by atoms with van der Waals surface area (Å²) < 4.78 is 0. The van der Waals surface area contributed by atoms with Crippen molar-refractivity contribution in [2.75, 3.05) is 13.1 Å². The fraction of sp³-hybridized carbons (Fsp3) is 0.471. The Bertz CT molecular complexity index is 501. The molecule has 1 aromatic rings. The summed E-state index contributed by atoms with van der Waals surface area (Å²) in [4.78, 5) is 14.8. The summed E-state index contributed by atoms with van der Waals surface area (Å²) in [5.41, 5.74) is 0.454. The molecule has 0 aromatic heterocycles. The van der Waals surface area contributed by atoms with Gasteiger partial charge in [-0.25, -0.2) is 0 Å². The molecular weight excluding hydrogens is 270 g/mol. The van der Waals surface area contributed by atoms with Crippen molar-refractivity contribution in [1.29, 1.82) is 0 Å². The van der Waals surface area contributed by atoms with Crippen LogP contribution in [0.3, 0.4) is 0 Å². The molecule has 1 aliphatic heterocycles. The molecule has 0 bridgehead atoms. The van der Waals surface area contributed by atoms with Crippen molar-refractivity contribution in [3.05, 3.63) is 40.9 Å². The van der Waals surface area contributed by atoms with Crippen molar-refractivity contribution in [2.45, 2.75) is 38.6 Å². The van der Waals surface area contributed by atoms with E-state index in [-0.39, 0.29) is 5.78 Å². The molecule has 0 saturated carbocycles. The second kappa shape index (κ2) is 6.55. The zero-order valence-corrected chi connectivity index (χ0v) is 13.0. The quantitative estimate of drug-likeness (QED) is 0.776. The van der Waals surface area contributed by atoms with E-state index in [4.69, 9.17) is 11.6 Å². The van der Waals surface area contributed by atoms with Gasteiger partial charge in [-0.3, -0.25) is 9.69 Å². The third-order valence-corrected chi connectivity index (χ3v) is 4.41. The van der Waals surface area contributed by atoms with Crippen LogP contribution in [0.2, 0.25) is 5.02 Å².